The van der Waals surface area contributed by atoms with Crippen molar-refractivity contribution in [3.8, 4) is 5.75 Å². The Morgan fingerprint density at radius 3 is 2.28 bits per heavy atom. The summed E-state index contributed by atoms with van der Waals surface area (Å²) in [7, 11) is -4.11. The number of amides is 1. The van der Waals surface area contributed by atoms with Crippen molar-refractivity contribution in [1.82, 2.24) is 0 Å². The molecule has 7 heteroatoms. The highest BCUT2D eigenvalue weighted by Crippen LogP contribution is 2.43. The van der Waals surface area contributed by atoms with Crippen LogP contribution in [0.4, 0.5) is 11.4 Å². The minimum Gasteiger partial charge on any atom is -0.492 e. The van der Waals surface area contributed by atoms with E-state index in [0.717, 1.165) is 0 Å². The van der Waals surface area contributed by atoms with E-state index in [1.54, 1.807) is 43.3 Å². The summed E-state index contributed by atoms with van der Waals surface area (Å²) in [4.78, 5) is 13.3. The zero-order valence-electron chi connectivity index (χ0n) is 17.9. The van der Waals surface area contributed by atoms with E-state index >= 15 is 0 Å². The summed E-state index contributed by atoms with van der Waals surface area (Å²) >= 11 is 0. The summed E-state index contributed by atoms with van der Waals surface area (Å²) in [6.07, 6.45) is 0. The first-order valence-corrected chi connectivity index (χ1v) is 11.9. The molecule has 0 radical (unpaired) electrons. The van der Waals surface area contributed by atoms with E-state index < -0.39 is 15.9 Å². The zero-order chi connectivity index (χ0) is 22.7. The van der Waals surface area contributed by atoms with E-state index in [1.807, 2.05) is 49.4 Å². The molecule has 0 saturated carbocycles. The summed E-state index contributed by atoms with van der Waals surface area (Å²) in [5.41, 5.74) is 2.70. The highest BCUT2D eigenvalue weighted by Gasteiger charge is 2.40. The maximum absolute atomic E-state index is 13.7. The summed E-state index contributed by atoms with van der Waals surface area (Å²) < 4.78 is 34.3. The minimum absolute atomic E-state index is 0.202. The third-order valence-corrected chi connectivity index (χ3v) is 7.15. The molecule has 0 aliphatic carbocycles. The predicted octanol–water partition coefficient (Wildman–Crippen LogP) is 4.65. The molecule has 1 amide bonds. The van der Waals surface area contributed by atoms with E-state index in [2.05, 4.69) is 5.32 Å². The SMILES string of the molecule is CCOc1ccccc1NC(=O)C1=C(c2ccccc2)c2ccccc2N(CC)S1(=O)=O. The van der Waals surface area contributed by atoms with Gasteiger partial charge in [0.15, 0.2) is 4.91 Å². The normalized spacial score (nSPS) is 14.6. The second-order valence-electron chi connectivity index (χ2n) is 7.14. The quantitative estimate of drug-likeness (QED) is 0.595. The zero-order valence-corrected chi connectivity index (χ0v) is 18.7. The molecular formula is C25H24N2O4S. The monoisotopic (exact) mass is 448 g/mol. The topological polar surface area (TPSA) is 75.7 Å². The molecule has 0 saturated heterocycles. The maximum atomic E-state index is 13.7. The van der Waals surface area contributed by atoms with Gasteiger partial charge < -0.3 is 10.1 Å². The molecule has 0 spiro atoms. The molecule has 0 aromatic heterocycles. The van der Waals surface area contributed by atoms with Gasteiger partial charge in [0.1, 0.15) is 5.75 Å². The van der Waals surface area contributed by atoms with Gasteiger partial charge in [0, 0.05) is 17.7 Å². The number of hydrogen-bond acceptors (Lipinski definition) is 4. The van der Waals surface area contributed by atoms with Gasteiger partial charge >= 0.3 is 0 Å². The molecule has 6 nitrogen and oxygen atoms in total. The lowest BCUT2D eigenvalue weighted by molar-refractivity contribution is -0.112. The average Bonchev–Trinajstić information content (AvgIpc) is 2.80. The van der Waals surface area contributed by atoms with Gasteiger partial charge in [-0.15, -0.1) is 0 Å². The number of benzene rings is 3. The van der Waals surface area contributed by atoms with Crippen LogP contribution in [0.2, 0.25) is 0 Å². The highest BCUT2D eigenvalue weighted by molar-refractivity contribution is 7.97. The molecule has 1 N–H and O–H groups in total. The third-order valence-electron chi connectivity index (χ3n) is 5.21. The number of rotatable bonds is 6. The number of fused-ring (bicyclic) bond motifs is 1. The van der Waals surface area contributed by atoms with Crippen LogP contribution in [0, 0.1) is 0 Å². The molecule has 164 valence electrons. The molecule has 0 unspecified atom stereocenters. The number of hydrogen-bond donors (Lipinski definition) is 1. The smallest absolute Gasteiger partial charge is 0.270 e. The van der Waals surface area contributed by atoms with Gasteiger partial charge in [-0.1, -0.05) is 60.7 Å². The standard InChI is InChI=1S/C25H24N2O4S/c1-3-27-21-16-10-8-14-19(21)23(18-12-6-5-7-13-18)24(32(27,29)30)25(28)26-20-15-9-11-17-22(20)31-4-2/h5-17H,3-4H2,1-2H3,(H,26,28). The van der Waals surface area contributed by atoms with Crippen LogP contribution in [0.5, 0.6) is 5.75 Å². The van der Waals surface area contributed by atoms with Crippen molar-refractivity contribution in [2.24, 2.45) is 0 Å². The van der Waals surface area contributed by atoms with Gasteiger partial charge in [-0.2, -0.15) is 0 Å². The van der Waals surface area contributed by atoms with E-state index in [9.17, 15) is 13.2 Å². The summed E-state index contributed by atoms with van der Waals surface area (Å²) in [5.74, 6) is -0.227. The molecule has 4 rings (SSSR count). The van der Waals surface area contributed by atoms with Gasteiger partial charge in [0.05, 0.1) is 18.0 Å². The molecule has 1 aliphatic rings. The van der Waals surface area contributed by atoms with Crippen molar-refractivity contribution in [1.29, 1.82) is 0 Å². The van der Waals surface area contributed by atoms with Gasteiger partial charge in [0.25, 0.3) is 15.9 Å². The minimum atomic E-state index is -4.11. The van der Waals surface area contributed by atoms with E-state index in [-0.39, 0.29) is 11.4 Å². The number of carbonyl (C=O) groups is 1. The van der Waals surface area contributed by atoms with Crippen molar-refractivity contribution in [2.75, 3.05) is 22.8 Å². The third kappa shape index (κ3) is 3.76. The highest BCUT2D eigenvalue weighted by atomic mass is 32.2. The molecule has 1 aliphatic heterocycles. The Balaban J connectivity index is 1.95. The fraction of sp³-hybridized carbons (Fsp3) is 0.160. The van der Waals surface area contributed by atoms with E-state index in [0.29, 0.717) is 40.4 Å². The molecule has 0 atom stereocenters. The van der Waals surface area contributed by atoms with Crippen molar-refractivity contribution >= 4 is 32.9 Å². The lowest BCUT2D eigenvalue weighted by Crippen LogP contribution is -2.39. The first-order chi connectivity index (χ1) is 15.5. The van der Waals surface area contributed by atoms with Gasteiger partial charge in [-0.3, -0.25) is 9.10 Å². The number of ether oxygens (including phenoxy) is 1. The van der Waals surface area contributed by atoms with Crippen LogP contribution >= 0.6 is 0 Å². The van der Waals surface area contributed by atoms with Crippen molar-refractivity contribution < 1.29 is 17.9 Å². The van der Waals surface area contributed by atoms with Crippen LogP contribution in [0.15, 0.2) is 83.8 Å². The molecule has 1 heterocycles. The molecule has 3 aromatic carbocycles. The van der Waals surface area contributed by atoms with E-state index in [1.165, 1.54) is 4.31 Å². The second-order valence-corrected chi connectivity index (χ2v) is 8.94. The fourth-order valence-corrected chi connectivity index (χ4v) is 5.64. The van der Waals surface area contributed by atoms with Crippen LogP contribution in [-0.2, 0) is 14.8 Å². The Morgan fingerprint density at radius 1 is 0.906 bits per heavy atom. The lowest BCUT2D eigenvalue weighted by atomic mass is 9.95. The summed E-state index contributed by atoms with van der Waals surface area (Å²) in [5, 5.41) is 2.77. The number of sulfonamides is 1. The van der Waals surface area contributed by atoms with E-state index in [4.69, 9.17) is 4.74 Å². The molecule has 32 heavy (non-hydrogen) atoms. The molecule has 3 aromatic rings. The molecule has 0 bridgehead atoms. The van der Waals surface area contributed by atoms with Crippen molar-refractivity contribution in [3.63, 3.8) is 0 Å². The largest absolute Gasteiger partial charge is 0.492 e. The Kier molecular flexibility index (Phi) is 6.01. The number of carbonyl (C=O) groups excluding carboxylic acids is 1. The summed E-state index contributed by atoms with van der Waals surface area (Å²) in [6.45, 7) is 4.21. The average molecular weight is 449 g/mol. The maximum Gasteiger partial charge on any atom is 0.270 e. The van der Waals surface area contributed by atoms with Crippen molar-refractivity contribution in [3.05, 3.63) is 94.9 Å². The first kappa shape index (κ1) is 21.6. The fourth-order valence-electron chi connectivity index (χ4n) is 3.89. The first-order valence-electron chi connectivity index (χ1n) is 10.4. The Hall–Kier alpha value is -3.58. The Bertz CT molecular complexity index is 1280. The predicted molar refractivity (Wildman–Crippen MR) is 127 cm³/mol. The Labute approximate surface area is 188 Å². The Morgan fingerprint density at radius 2 is 1.56 bits per heavy atom. The second kappa shape index (κ2) is 8.88. The number of nitrogens with zero attached hydrogens (tertiary/aromatic N) is 1. The van der Waals surface area contributed by atoms with Gasteiger partial charge in [-0.05, 0) is 37.6 Å². The number of anilines is 2. The summed E-state index contributed by atoms with van der Waals surface area (Å²) in [6, 6.07) is 23.3. The van der Waals surface area contributed by atoms with Gasteiger partial charge in [0.2, 0.25) is 0 Å². The number of para-hydroxylation sites is 3. The van der Waals surface area contributed by atoms with Crippen molar-refractivity contribution in [2.45, 2.75) is 13.8 Å². The lowest BCUT2D eigenvalue weighted by Gasteiger charge is -2.32. The molecule has 0 fully saturated rings. The van der Waals surface area contributed by atoms with Gasteiger partial charge in [-0.25, -0.2) is 8.42 Å². The number of nitrogens with one attached hydrogen (secondary N) is 1. The van der Waals surface area contributed by atoms with Crippen LogP contribution in [-0.4, -0.2) is 27.5 Å². The van der Waals surface area contributed by atoms with Crippen LogP contribution in [0.3, 0.4) is 0 Å². The van der Waals surface area contributed by atoms with Crippen LogP contribution < -0.4 is 14.4 Å². The van der Waals surface area contributed by atoms with Crippen LogP contribution in [0.1, 0.15) is 25.0 Å². The van der Waals surface area contributed by atoms with Crippen LogP contribution in [0.25, 0.3) is 5.57 Å². The molecular weight excluding hydrogens is 424 g/mol.